The summed E-state index contributed by atoms with van der Waals surface area (Å²) in [6.45, 7) is 4.43. The van der Waals surface area contributed by atoms with Gasteiger partial charge in [-0.1, -0.05) is 6.92 Å². The highest BCUT2D eigenvalue weighted by Crippen LogP contribution is 2.13. The lowest BCUT2D eigenvalue weighted by atomic mass is 10.2. The average molecular weight is 245 g/mol. The first-order valence-corrected chi connectivity index (χ1v) is 7.35. The number of hydrogen-bond donors (Lipinski definition) is 1. The highest BCUT2D eigenvalue weighted by Gasteiger charge is 2.01. The van der Waals surface area contributed by atoms with E-state index >= 15 is 0 Å². The first-order chi connectivity index (χ1) is 7.22. The van der Waals surface area contributed by atoms with Gasteiger partial charge >= 0.3 is 0 Å². The average Bonchev–Trinajstić information content (AvgIpc) is 2.63. The summed E-state index contributed by atoms with van der Waals surface area (Å²) in [5.41, 5.74) is 1.23. The minimum Gasteiger partial charge on any atom is -0.396 e. The lowest BCUT2D eigenvalue weighted by Crippen LogP contribution is -2.04. The van der Waals surface area contributed by atoms with Crippen LogP contribution in [-0.4, -0.2) is 28.2 Å². The van der Waals surface area contributed by atoms with Gasteiger partial charge in [0, 0.05) is 12.0 Å². The van der Waals surface area contributed by atoms with Crippen molar-refractivity contribution in [2.75, 3.05) is 18.1 Å². The number of aromatic nitrogens is 1. The molecule has 0 aliphatic rings. The molecule has 0 spiro atoms. The van der Waals surface area contributed by atoms with Crippen molar-refractivity contribution in [3.8, 4) is 0 Å². The first kappa shape index (κ1) is 13.0. The van der Waals surface area contributed by atoms with Crippen molar-refractivity contribution in [3.63, 3.8) is 0 Å². The summed E-state index contributed by atoms with van der Waals surface area (Å²) in [7, 11) is 0. The molecule has 0 radical (unpaired) electrons. The zero-order valence-electron chi connectivity index (χ0n) is 9.40. The van der Waals surface area contributed by atoms with E-state index in [0.29, 0.717) is 12.5 Å². The van der Waals surface area contributed by atoms with Crippen LogP contribution in [0.5, 0.6) is 0 Å². The molecule has 15 heavy (non-hydrogen) atoms. The molecule has 0 aliphatic heterocycles. The Morgan fingerprint density at radius 2 is 2.40 bits per heavy atom. The molecule has 0 saturated heterocycles. The second kappa shape index (κ2) is 7.25. The standard InChI is InChI=1S/C11H19NOS2/c1-9(6-13)7-14-5-3-4-11-8-15-10(2)12-11/h8-9,13H,3-7H2,1-2H3. The van der Waals surface area contributed by atoms with E-state index in [1.54, 1.807) is 11.3 Å². The summed E-state index contributed by atoms with van der Waals surface area (Å²) in [4.78, 5) is 4.43. The molecule has 0 fully saturated rings. The van der Waals surface area contributed by atoms with Crippen molar-refractivity contribution in [2.45, 2.75) is 26.7 Å². The zero-order chi connectivity index (χ0) is 11.1. The van der Waals surface area contributed by atoms with Gasteiger partial charge in [-0.05, 0) is 37.2 Å². The van der Waals surface area contributed by atoms with Gasteiger partial charge in [-0.25, -0.2) is 4.98 Å². The van der Waals surface area contributed by atoms with E-state index in [0.717, 1.165) is 17.2 Å². The Hall–Kier alpha value is -0.0600. The Morgan fingerprint density at radius 1 is 1.60 bits per heavy atom. The molecule has 0 saturated carbocycles. The van der Waals surface area contributed by atoms with E-state index in [9.17, 15) is 0 Å². The summed E-state index contributed by atoms with van der Waals surface area (Å²) in [6, 6.07) is 0. The van der Waals surface area contributed by atoms with Crippen LogP contribution in [0.1, 0.15) is 24.0 Å². The third-order valence-electron chi connectivity index (χ3n) is 2.10. The molecule has 1 aromatic rings. The highest BCUT2D eigenvalue weighted by atomic mass is 32.2. The van der Waals surface area contributed by atoms with Gasteiger partial charge in [0.1, 0.15) is 0 Å². The monoisotopic (exact) mass is 245 g/mol. The predicted octanol–water partition coefficient (Wildman–Crippen LogP) is 2.75. The fourth-order valence-electron chi connectivity index (χ4n) is 1.22. The quantitative estimate of drug-likeness (QED) is 0.750. The number of aliphatic hydroxyl groups is 1. The second-order valence-corrected chi connectivity index (χ2v) is 6.04. The van der Waals surface area contributed by atoms with Crippen LogP contribution < -0.4 is 0 Å². The molecule has 0 bridgehead atoms. The molecular weight excluding hydrogens is 226 g/mol. The minimum atomic E-state index is 0.304. The van der Waals surface area contributed by atoms with Crippen LogP contribution in [0.2, 0.25) is 0 Å². The molecule has 1 aromatic heterocycles. The number of aryl methyl sites for hydroxylation is 2. The molecule has 4 heteroatoms. The van der Waals surface area contributed by atoms with Gasteiger partial charge in [0.05, 0.1) is 10.7 Å². The topological polar surface area (TPSA) is 33.1 Å². The van der Waals surface area contributed by atoms with E-state index in [4.69, 9.17) is 5.11 Å². The number of hydrogen-bond acceptors (Lipinski definition) is 4. The van der Waals surface area contributed by atoms with Crippen LogP contribution in [0.15, 0.2) is 5.38 Å². The first-order valence-electron chi connectivity index (χ1n) is 5.32. The number of thioether (sulfide) groups is 1. The molecule has 1 N–H and O–H groups in total. The van der Waals surface area contributed by atoms with Gasteiger partial charge in [0.25, 0.3) is 0 Å². The Morgan fingerprint density at radius 3 is 3.00 bits per heavy atom. The van der Waals surface area contributed by atoms with E-state index in [2.05, 4.69) is 17.3 Å². The number of rotatable bonds is 7. The summed E-state index contributed by atoms with van der Waals surface area (Å²) in [5.74, 6) is 2.66. The molecule has 86 valence electrons. The lowest BCUT2D eigenvalue weighted by molar-refractivity contribution is 0.250. The maximum atomic E-state index is 8.85. The van der Waals surface area contributed by atoms with Gasteiger partial charge in [-0.15, -0.1) is 11.3 Å². The fourth-order valence-corrected chi connectivity index (χ4v) is 2.89. The Kier molecular flexibility index (Phi) is 6.29. The molecule has 1 unspecified atom stereocenters. The van der Waals surface area contributed by atoms with E-state index in [-0.39, 0.29) is 0 Å². The van der Waals surface area contributed by atoms with Crippen LogP contribution in [-0.2, 0) is 6.42 Å². The van der Waals surface area contributed by atoms with Crippen molar-refractivity contribution in [3.05, 3.63) is 16.1 Å². The summed E-state index contributed by atoms with van der Waals surface area (Å²) >= 11 is 3.65. The van der Waals surface area contributed by atoms with Gasteiger partial charge in [0.15, 0.2) is 0 Å². The van der Waals surface area contributed by atoms with Crippen LogP contribution >= 0.6 is 23.1 Å². The Bertz CT molecular complexity index is 275. The zero-order valence-corrected chi connectivity index (χ0v) is 11.0. The van der Waals surface area contributed by atoms with Crippen molar-refractivity contribution in [2.24, 2.45) is 5.92 Å². The predicted molar refractivity (Wildman–Crippen MR) is 68.7 cm³/mol. The minimum absolute atomic E-state index is 0.304. The Balaban J connectivity index is 2.02. The third-order valence-corrected chi connectivity index (χ3v) is 4.31. The summed E-state index contributed by atoms with van der Waals surface area (Å²) in [5, 5.41) is 12.2. The molecule has 1 heterocycles. The number of thiazole rings is 1. The summed E-state index contributed by atoms with van der Waals surface area (Å²) < 4.78 is 0. The van der Waals surface area contributed by atoms with Crippen LogP contribution in [0.25, 0.3) is 0 Å². The molecule has 1 atom stereocenters. The van der Waals surface area contributed by atoms with Crippen molar-refractivity contribution >= 4 is 23.1 Å². The van der Waals surface area contributed by atoms with E-state index < -0.39 is 0 Å². The van der Waals surface area contributed by atoms with E-state index in [1.807, 2.05) is 18.7 Å². The van der Waals surface area contributed by atoms with Gasteiger partial charge in [-0.2, -0.15) is 11.8 Å². The molecular formula is C11H19NOS2. The number of nitrogens with zero attached hydrogens (tertiary/aromatic N) is 1. The fraction of sp³-hybridized carbons (Fsp3) is 0.727. The van der Waals surface area contributed by atoms with Gasteiger partial charge < -0.3 is 5.11 Å². The largest absolute Gasteiger partial charge is 0.396 e. The maximum Gasteiger partial charge on any atom is 0.0897 e. The molecule has 0 aliphatic carbocycles. The van der Waals surface area contributed by atoms with Crippen LogP contribution in [0.3, 0.4) is 0 Å². The normalized spacial score (nSPS) is 13.0. The van der Waals surface area contributed by atoms with Crippen LogP contribution in [0.4, 0.5) is 0 Å². The number of aliphatic hydroxyl groups excluding tert-OH is 1. The van der Waals surface area contributed by atoms with Gasteiger partial charge in [-0.3, -0.25) is 0 Å². The molecule has 0 amide bonds. The highest BCUT2D eigenvalue weighted by molar-refractivity contribution is 7.99. The van der Waals surface area contributed by atoms with Crippen molar-refractivity contribution in [1.82, 2.24) is 4.98 Å². The van der Waals surface area contributed by atoms with Gasteiger partial charge in [0.2, 0.25) is 0 Å². The van der Waals surface area contributed by atoms with Crippen LogP contribution in [0, 0.1) is 12.8 Å². The summed E-state index contributed by atoms with van der Waals surface area (Å²) in [6.07, 6.45) is 2.27. The maximum absolute atomic E-state index is 8.85. The van der Waals surface area contributed by atoms with Crippen molar-refractivity contribution in [1.29, 1.82) is 0 Å². The smallest absolute Gasteiger partial charge is 0.0897 e. The van der Waals surface area contributed by atoms with Crippen molar-refractivity contribution < 1.29 is 5.11 Å². The molecule has 1 rings (SSSR count). The SMILES string of the molecule is Cc1nc(CCCSCC(C)CO)cs1. The second-order valence-electron chi connectivity index (χ2n) is 3.82. The third kappa shape index (κ3) is 5.54. The molecule has 0 aromatic carbocycles. The molecule has 2 nitrogen and oxygen atoms in total. The Labute approximate surface area is 100 Å². The lowest BCUT2D eigenvalue weighted by Gasteiger charge is -2.06. The van der Waals surface area contributed by atoms with E-state index in [1.165, 1.54) is 17.9 Å².